The highest BCUT2D eigenvalue weighted by atomic mass is 35.5. The molecule has 0 radical (unpaired) electrons. The lowest BCUT2D eigenvalue weighted by molar-refractivity contribution is -0.139. The van der Waals surface area contributed by atoms with E-state index < -0.39 is 0 Å². The van der Waals surface area contributed by atoms with Gasteiger partial charge in [-0.15, -0.1) is 0 Å². The van der Waals surface area contributed by atoms with E-state index in [0.717, 1.165) is 5.56 Å². The fourth-order valence-corrected chi connectivity index (χ4v) is 2.05. The van der Waals surface area contributed by atoms with Gasteiger partial charge in [-0.1, -0.05) is 23.7 Å². The first-order chi connectivity index (χ1) is 9.47. The summed E-state index contributed by atoms with van der Waals surface area (Å²) in [4.78, 5) is 27.0. The topological polar surface area (TPSA) is 40.6 Å². The smallest absolute Gasteiger partial charge is 0.242 e. The van der Waals surface area contributed by atoms with Crippen molar-refractivity contribution in [2.75, 3.05) is 19.6 Å². The summed E-state index contributed by atoms with van der Waals surface area (Å²) in [6.07, 6.45) is 0. The van der Waals surface area contributed by atoms with E-state index in [1.165, 1.54) is 6.92 Å². The number of halogens is 1. The lowest BCUT2D eigenvalue weighted by Gasteiger charge is -2.25. The molecule has 0 N–H and O–H groups in total. The van der Waals surface area contributed by atoms with Gasteiger partial charge in [0.15, 0.2) is 0 Å². The minimum absolute atomic E-state index is 0.0286. The minimum Gasteiger partial charge on any atom is -0.342 e. The third-order valence-electron chi connectivity index (χ3n) is 3.17. The van der Waals surface area contributed by atoms with Gasteiger partial charge >= 0.3 is 0 Å². The Bertz CT molecular complexity index is 455. The highest BCUT2D eigenvalue weighted by molar-refractivity contribution is 6.30. The number of rotatable bonds is 6. The first-order valence-electron chi connectivity index (χ1n) is 6.75. The first kappa shape index (κ1) is 16.5. The first-order valence-corrected chi connectivity index (χ1v) is 7.13. The molecule has 5 heteroatoms. The van der Waals surface area contributed by atoms with Gasteiger partial charge in [0.25, 0.3) is 0 Å². The number of amides is 2. The molecule has 0 saturated carbocycles. The summed E-state index contributed by atoms with van der Waals surface area (Å²) in [5.41, 5.74) is 0.956. The van der Waals surface area contributed by atoms with Crippen molar-refractivity contribution in [3.63, 3.8) is 0 Å². The summed E-state index contributed by atoms with van der Waals surface area (Å²) in [6.45, 7) is 7.17. The zero-order valence-corrected chi connectivity index (χ0v) is 13.0. The van der Waals surface area contributed by atoms with E-state index in [1.54, 1.807) is 21.9 Å². The second kappa shape index (κ2) is 7.90. The molecule has 0 aliphatic carbocycles. The third-order valence-corrected chi connectivity index (χ3v) is 3.43. The van der Waals surface area contributed by atoms with Crippen molar-refractivity contribution in [1.29, 1.82) is 0 Å². The van der Waals surface area contributed by atoms with Crippen molar-refractivity contribution in [1.82, 2.24) is 9.80 Å². The predicted molar refractivity (Wildman–Crippen MR) is 80.5 cm³/mol. The molecule has 1 rings (SSSR count). The maximum absolute atomic E-state index is 12.1. The lowest BCUT2D eigenvalue weighted by Crippen LogP contribution is -2.41. The molecule has 0 bridgehead atoms. The Balaban J connectivity index is 2.72. The standard InChI is InChI=1S/C15H21ClN2O2/c1-4-17(5-2)15(20)11-18(12(3)19)10-13-6-8-14(16)9-7-13/h6-9H,4-5,10-11H2,1-3H3. The molecule has 0 aromatic heterocycles. The summed E-state index contributed by atoms with van der Waals surface area (Å²) in [5.74, 6) is -0.139. The summed E-state index contributed by atoms with van der Waals surface area (Å²) in [5, 5.41) is 0.655. The number of carbonyl (C=O) groups excluding carboxylic acids is 2. The molecule has 4 nitrogen and oxygen atoms in total. The lowest BCUT2D eigenvalue weighted by atomic mass is 10.2. The van der Waals surface area contributed by atoms with Crippen LogP contribution in [-0.4, -0.2) is 41.2 Å². The van der Waals surface area contributed by atoms with Crippen LogP contribution in [0, 0.1) is 0 Å². The number of likely N-dealkylation sites (N-methyl/N-ethyl adjacent to an activating group) is 1. The van der Waals surface area contributed by atoms with Gasteiger partial charge in [-0.2, -0.15) is 0 Å². The molecule has 20 heavy (non-hydrogen) atoms. The number of hydrogen-bond donors (Lipinski definition) is 0. The van der Waals surface area contributed by atoms with Gasteiger partial charge in [0.2, 0.25) is 11.8 Å². The molecule has 0 aliphatic heterocycles. The minimum atomic E-state index is -0.111. The van der Waals surface area contributed by atoms with Gasteiger partial charge in [-0.25, -0.2) is 0 Å². The predicted octanol–water partition coefficient (Wildman–Crippen LogP) is 2.56. The second-order valence-corrected chi connectivity index (χ2v) is 5.00. The van der Waals surface area contributed by atoms with Crippen molar-refractivity contribution in [3.05, 3.63) is 34.9 Å². The Labute approximate surface area is 125 Å². The van der Waals surface area contributed by atoms with E-state index >= 15 is 0 Å². The van der Waals surface area contributed by atoms with Gasteiger partial charge in [0, 0.05) is 31.6 Å². The Kier molecular flexibility index (Phi) is 6.52. The van der Waals surface area contributed by atoms with Crippen LogP contribution in [0.4, 0.5) is 0 Å². The van der Waals surface area contributed by atoms with E-state index in [9.17, 15) is 9.59 Å². The van der Waals surface area contributed by atoms with Crippen LogP contribution in [0.5, 0.6) is 0 Å². The summed E-state index contributed by atoms with van der Waals surface area (Å²) in [7, 11) is 0. The maximum Gasteiger partial charge on any atom is 0.242 e. The average Bonchev–Trinajstić information content (AvgIpc) is 2.41. The van der Waals surface area contributed by atoms with Crippen LogP contribution in [0.25, 0.3) is 0 Å². The average molecular weight is 297 g/mol. The SMILES string of the molecule is CCN(CC)C(=O)CN(Cc1ccc(Cl)cc1)C(C)=O. The van der Waals surface area contributed by atoms with Gasteiger partial charge in [0.1, 0.15) is 6.54 Å². The Morgan fingerprint density at radius 3 is 2.05 bits per heavy atom. The highest BCUT2D eigenvalue weighted by Crippen LogP contribution is 2.12. The van der Waals surface area contributed by atoms with Gasteiger partial charge in [-0.3, -0.25) is 9.59 Å². The molecule has 2 amide bonds. The molecule has 0 atom stereocenters. The van der Waals surface area contributed by atoms with Crippen LogP contribution in [0.2, 0.25) is 5.02 Å². The van der Waals surface area contributed by atoms with Crippen molar-refractivity contribution < 1.29 is 9.59 Å². The molecular weight excluding hydrogens is 276 g/mol. The largest absolute Gasteiger partial charge is 0.342 e. The molecule has 0 unspecified atom stereocenters. The molecule has 0 fully saturated rings. The molecular formula is C15H21ClN2O2. The monoisotopic (exact) mass is 296 g/mol. The van der Waals surface area contributed by atoms with E-state index in [2.05, 4.69) is 0 Å². The van der Waals surface area contributed by atoms with Crippen molar-refractivity contribution >= 4 is 23.4 Å². The van der Waals surface area contributed by atoms with Gasteiger partial charge in [0.05, 0.1) is 0 Å². The van der Waals surface area contributed by atoms with Crippen LogP contribution in [0.15, 0.2) is 24.3 Å². The molecule has 110 valence electrons. The molecule has 0 heterocycles. The molecule has 0 spiro atoms. The van der Waals surface area contributed by atoms with Crippen LogP contribution in [0.3, 0.4) is 0 Å². The molecule has 0 aliphatic rings. The summed E-state index contributed by atoms with van der Waals surface area (Å²) in [6, 6.07) is 7.28. The van der Waals surface area contributed by atoms with Crippen molar-refractivity contribution in [3.8, 4) is 0 Å². The van der Waals surface area contributed by atoms with Crippen molar-refractivity contribution in [2.45, 2.75) is 27.3 Å². The van der Waals surface area contributed by atoms with Crippen molar-refractivity contribution in [2.24, 2.45) is 0 Å². The Hall–Kier alpha value is -1.55. The second-order valence-electron chi connectivity index (χ2n) is 4.57. The van der Waals surface area contributed by atoms with Gasteiger partial charge < -0.3 is 9.80 Å². The van der Waals surface area contributed by atoms with E-state index in [0.29, 0.717) is 24.7 Å². The Morgan fingerprint density at radius 2 is 1.60 bits per heavy atom. The number of benzene rings is 1. The summed E-state index contributed by atoms with van der Waals surface area (Å²) >= 11 is 5.83. The van der Waals surface area contributed by atoms with Crippen LogP contribution >= 0.6 is 11.6 Å². The van der Waals surface area contributed by atoms with Gasteiger partial charge in [-0.05, 0) is 31.5 Å². The maximum atomic E-state index is 12.1. The Morgan fingerprint density at radius 1 is 1.05 bits per heavy atom. The van der Waals surface area contributed by atoms with E-state index in [4.69, 9.17) is 11.6 Å². The molecule has 0 saturated heterocycles. The summed E-state index contributed by atoms with van der Waals surface area (Å²) < 4.78 is 0. The van der Waals surface area contributed by atoms with Crippen LogP contribution in [0.1, 0.15) is 26.3 Å². The number of carbonyl (C=O) groups is 2. The molecule has 1 aromatic carbocycles. The number of hydrogen-bond acceptors (Lipinski definition) is 2. The third kappa shape index (κ3) is 4.85. The fraction of sp³-hybridized carbons (Fsp3) is 0.467. The zero-order chi connectivity index (χ0) is 15.1. The quantitative estimate of drug-likeness (QED) is 0.809. The fourth-order valence-electron chi connectivity index (χ4n) is 1.93. The van der Waals surface area contributed by atoms with Crippen LogP contribution < -0.4 is 0 Å². The zero-order valence-electron chi connectivity index (χ0n) is 12.2. The van der Waals surface area contributed by atoms with Crippen LogP contribution in [-0.2, 0) is 16.1 Å². The highest BCUT2D eigenvalue weighted by Gasteiger charge is 2.17. The molecule has 1 aromatic rings. The normalized spacial score (nSPS) is 10.2. The van der Waals surface area contributed by atoms with E-state index in [-0.39, 0.29) is 18.4 Å². The number of nitrogens with zero attached hydrogens (tertiary/aromatic N) is 2. The van der Waals surface area contributed by atoms with E-state index in [1.807, 2.05) is 26.0 Å².